The molecule has 0 saturated carbocycles. The Morgan fingerprint density at radius 3 is 0.963 bits per heavy atom. The monoisotopic (exact) mass is 380 g/mol. The van der Waals surface area contributed by atoms with E-state index in [9.17, 15) is 9.59 Å². The predicted molar refractivity (Wildman–Crippen MR) is 118 cm³/mol. The Bertz CT molecular complexity index is 335. The molecule has 0 fully saturated rings. The van der Waals surface area contributed by atoms with Crippen LogP contribution in [0.5, 0.6) is 0 Å². The maximum absolute atomic E-state index is 11.2. The SMILES string of the molecule is CCCCCCCCCCCCCCCCCCCCCCC(=O)C(C)=O. The molecule has 0 atom stereocenters. The Balaban J connectivity index is 3.05. The molecule has 0 N–H and O–H groups in total. The summed E-state index contributed by atoms with van der Waals surface area (Å²) in [5.41, 5.74) is 0. The van der Waals surface area contributed by atoms with E-state index >= 15 is 0 Å². The fourth-order valence-electron chi connectivity index (χ4n) is 3.72. The van der Waals surface area contributed by atoms with Crippen molar-refractivity contribution in [3.63, 3.8) is 0 Å². The van der Waals surface area contributed by atoms with Gasteiger partial charge in [-0.1, -0.05) is 129 Å². The van der Waals surface area contributed by atoms with Gasteiger partial charge in [0.15, 0.2) is 11.6 Å². The van der Waals surface area contributed by atoms with E-state index in [-0.39, 0.29) is 11.6 Å². The van der Waals surface area contributed by atoms with Crippen LogP contribution in [0.2, 0.25) is 0 Å². The van der Waals surface area contributed by atoms with Crippen LogP contribution < -0.4 is 0 Å². The number of Topliss-reactive ketones (excluding diaryl/α,β-unsaturated/α-hetero) is 2. The van der Waals surface area contributed by atoms with E-state index in [0.29, 0.717) is 6.42 Å². The minimum atomic E-state index is -0.284. The summed E-state index contributed by atoms with van der Waals surface area (Å²) in [6.45, 7) is 3.66. The maximum Gasteiger partial charge on any atom is 0.198 e. The van der Waals surface area contributed by atoms with Crippen molar-refractivity contribution >= 4 is 11.6 Å². The highest BCUT2D eigenvalue weighted by Gasteiger charge is 2.06. The number of rotatable bonds is 22. The summed E-state index contributed by atoms with van der Waals surface area (Å²) in [4.78, 5) is 22.0. The average Bonchev–Trinajstić information content (AvgIpc) is 2.66. The Hall–Kier alpha value is -0.660. The molecule has 0 aliphatic carbocycles. The van der Waals surface area contributed by atoms with Gasteiger partial charge in [-0.25, -0.2) is 0 Å². The van der Waals surface area contributed by atoms with Crippen LogP contribution in [0.3, 0.4) is 0 Å². The van der Waals surface area contributed by atoms with Crippen molar-refractivity contribution in [3.05, 3.63) is 0 Å². The first kappa shape index (κ1) is 26.3. The second-order valence-electron chi connectivity index (χ2n) is 8.45. The standard InChI is InChI=1S/C25H48O2/c1-3-4-5-6-7-8-9-10-11-12-13-14-15-16-17-18-19-20-21-22-23-25(27)24(2)26/h3-23H2,1-2H3. The molecule has 27 heavy (non-hydrogen) atoms. The van der Waals surface area contributed by atoms with E-state index in [0.717, 1.165) is 12.8 Å². The van der Waals surface area contributed by atoms with E-state index in [4.69, 9.17) is 0 Å². The molecule has 0 aromatic heterocycles. The van der Waals surface area contributed by atoms with E-state index in [1.165, 1.54) is 122 Å². The second-order valence-corrected chi connectivity index (χ2v) is 8.45. The molecule has 0 unspecified atom stereocenters. The summed E-state index contributed by atoms with van der Waals surface area (Å²) >= 11 is 0. The van der Waals surface area contributed by atoms with Gasteiger partial charge in [0.05, 0.1) is 0 Å². The highest BCUT2D eigenvalue weighted by atomic mass is 16.2. The molecule has 0 aromatic carbocycles. The van der Waals surface area contributed by atoms with Crippen molar-refractivity contribution in [2.24, 2.45) is 0 Å². The van der Waals surface area contributed by atoms with Crippen LogP contribution in [0.4, 0.5) is 0 Å². The molecule has 0 heterocycles. The van der Waals surface area contributed by atoms with Crippen LogP contribution in [0, 0.1) is 0 Å². The minimum Gasteiger partial charge on any atom is -0.291 e. The number of ketones is 2. The molecule has 0 aliphatic heterocycles. The van der Waals surface area contributed by atoms with E-state index in [2.05, 4.69) is 6.92 Å². The topological polar surface area (TPSA) is 34.1 Å². The molecule has 0 amide bonds. The van der Waals surface area contributed by atoms with Crippen LogP contribution in [-0.4, -0.2) is 11.6 Å². The van der Waals surface area contributed by atoms with Crippen LogP contribution >= 0.6 is 0 Å². The van der Waals surface area contributed by atoms with Crippen molar-refractivity contribution in [2.75, 3.05) is 0 Å². The first-order valence-corrected chi connectivity index (χ1v) is 12.2. The van der Waals surface area contributed by atoms with Gasteiger partial charge < -0.3 is 0 Å². The lowest BCUT2D eigenvalue weighted by Crippen LogP contribution is -2.08. The summed E-state index contributed by atoms with van der Waals surface area (Å²) in [5.74, 6) is -0.481. The smallest absolute Gasteiger partial charge is 0.198 e. The van der Waals surface area contributed by atoms with E-state index < -0.39 is 0 Å². The fraction of sp³-hybridized carbons (Fsp3) is 0.920. The molecule has 0 bridgehead atoms. The van der Waals surface area contributed by atoms with E-state index in [1.807, 2.05) is 0 Å². The summed E-state index contributed by atoms with van der Waals surface area (Å²) in [6, 6.07) is 0. The van der Waals surface area contributed by atoms with Crippen molar-refractivity contribution in [1.29, 1.82) is 0 Å². The molecule has 0 radical (unpaired) electrons. The van der Waals surface area contributed by atoms with Gasteiger partial charge in [-0.15, -0.1) is 0 Å². The molecular weight excluding hydrogens is 332 g/mol. The summed E-state index contributed by atoms with van der Waals surface area (Å²) in [6.07, 6.45) is 27.6. The molecule has 2 heteroatoms. The van der Waals surface area contributed by atoms with Gasteiger partial charge >= 0.3 is 0 Å². The van der Waals surface area contributed by atoms with Crippen molar-refractivity contribution < 1.29 is 9.59 Å². The average molecular weight is 381 g/mol. The fourth-order valence-corrected chi connectivity index (χ4v) is 3.72. The zero-order valence-corrected chi connectivity index (χ0v) is 18.7. The summed E-state index contributed by atoms with van der Waals surface area (Å²) in [7, 11) is 0. The lowest BCUT2D eigenvalue weighted by Gasteiger charge is -2.04. The Kier molecular flexibility index (Phi) is 21.1. The quantitative estimate of drug-likeness (QED) is 0.140. The third-order valence-corrected chi connectivity index (χ3v) is 5.65. The van der Waals surface area contributed by atoms with Crippen molar-refractivity contribution in [3.8, 4) is 0 Å². The number of unbranched alkanes of at least 4 members (excludes halogenated alkanes) is 19. The van der Waals surface area contributed by atoms with Gasteiger partial charge in [0, 0.05) is 13.3 Å². The first-order chi connectivity index (χ1) is 13.2. The van der Waals surface area contributed by atoms with Gasteiger partial charge in [-0.05, 0) is 6.42 Å². The number of hydrogen-bond donors (Lipinski definition) is 0. The van der Waals surface area contributed by atoms with Gasteiger partial charge in [-0.3, -0.25) is 9.59 Å². The van der Waals surface area contributed by atoms with Crippen LogP contribution in [0.15, 0.2) is 0 Å². The molecule has 0 saturated heterocycles. The largest absolute Gasteiger partial charge is 0.291 e. The van der Waals surface area contributed by atoms with Gasteiger partial charge in [0.2, 0.25) is 0 Å². The highest BCUT2D eigenvalue weighted by molar-refractivity contribution is 6.36. The van der Waals surface area contributed by atoms with Crippen LogP contribution in [0.25, 0.3) is 0 Å². The molecule has 160 valence electrons. The summed E-state index contributed by atoms with van der Waals surface area (Å²) in [5, 5.41) is 0. The molecular formula is C25H48O2. The van der Waals surface area contributed by atoms with Crippen LogP contribution in [0.1, 0.15) is 149 Å². The second kappa shape index (κ2) is 21.6. The third-order valence-electron chi connectivity index (χ3n) is 5.65. The third kappa shape index (κ3) is 21.5. The summed E-state index contributed by atoms with van der Waals surface area (Å²) < 4.78 is 0. The Morgan fingerprint density at radius 2 is 0.704 bits per heavy atom. The van der Waals surface area contributed by atoms with Gasteiger partial charge in [-0.2, -0.15) is 0 Å². The van der Waals surface area contributed by atoms with Gasteiger partial charge in [0.25, 0.3) is 0 Å². The van der Waals surface area contributed by atoms with Crippen molar-refractivity contribution in [2.45, 2.75) is 149 Å². The van der Waals surface area contributed by atoms with Crippen molar-refractivity contribution in [1.82, 2.24) is 0 Å². The zero-order valence-electron chi connectivity index (χ0n) is 18.7. The number of hydrogen-bond acceptors (Lipinski definition) is 2. The molecule has 0 aromatic rings. The molecule has 0 rings (SSSR count). The molecule has 0 aliphatic rings. The highest BCUT2D eigenvalue weighted by Crippen LogP contribution is 2.15. The Labute approximate surface area is 170 Å². The number of carbonyl (C=O) groups excluding carboxylic acids is 2. The number of carbonyl (C=O) groups is 2. The molecule has 0 spiro atoms. The van der Waals surface area contributed by atoms with E-state index in [1.54, 1.807) is 0 Å². The lowest BCUT2D eigenvalue weighted by molar-refractivity contribution is -0.135. The Morgan fingerprint density at radius 1 is 0.444 bits per heavy atom. The van der Waals surface area contributed by atoms with Gasteiger partial charge in [0.1, 0.15) is 0 Å². The zero-order chi connectivity index (χ0) is 20.0. The van der Waals surface area contributed by atoms with Crippen LogP contribution in [-0.2, 0) is 9.59 Å². The predicted octanol–water partition coefficient (Wildman–Crippen LogP) is 8.36. The molecule has 2 nitrogen and oxygen atoms in total. The minimum absolute atomic E-state index is 0.197. The lowest BCUT2D eigenvalue weighted by atomic mass is 10.0. The normalized spacial score (nSPS) is 11.0. The first-order valence-electron chi connectivity index (χ1n) is 12.2. The maximum atomic E-state index is 11.2.